The lowest BCUT2D eigenvalue weighted by atomic mass is 9.45. The number of hydrogen-bond donors (Lipinski definition) is 0. The predicted molar refractivity (Wildman–Crippen MR) is 75.9 cm³/mol. The summed E-state index contributed by atoms with van der Waals surface area (Å²) < 4.78 is 13.2. The van der Waals surface area contributed by atoms with Gasteiger partial charge >= 0.3 is 0 Å². The van der Waals surface area contributed by atoms with E-state index in [1.807, 2.05) is 12.1 Å². The van der Waals surface area contributed by atoms with Crippen molar-refractivity contribution in [3.05, 3.63) is 35.6 Å². The first-order valence-corrected chi connectivity index (χ1v) is 7.82. The van der Waals surface area contributed by atoms with Crippen LogP contribution in [0.4, 0.5) is 4.39 Å². The Hall–Kier alpha value is -0.560. The van der Waals surface area contributed by atoms with Crippen molar-refractivity contribution in [2.75, 3.05) is 0 Å². The van der Waals surface area contributed by atoms with Gasteiger partial charge in [-0.2, -0.15) is 0 Å². The monoisotopic (exact) mass is 278 g/mol. The SMILES string of the molecule is CC1(Cl)[C@@H]2CC3C[C@H]1CC(c1ccc(F)cc1)(C3)C2. The van der Waals surface area contributed by atoms with Gasteiger partial charge in [0.1, 0.15) is 5.82 Å². The Bertz CT molecular complexity index is 486. The van der Waals surface area contributed by atoms with E-state index < -0.39 is 0 Å². The van der Waals surface area contributed by atoms with Crippen molar-refractivity contribution >= 4 is 11.6 Å². The zero-order valence-electron chi connectivity index (χ0n) is 11.3. The molecular formula is C17H20ClF. The highest BCUT2D eigenvalue weighted by Crippen LogP contribution is 2.65. The Balaban J connectivity index is 1.75. The molecule has 0 saturated heterocycles. The Labute approximate surface area is 119 Å². The van der Waals surface area contributed by atoms with Crippen LogP contribution in [0.25, 0.3) is 0 Å². The number of rotatable bonds is 1. The van der Waals surface area contributed by atoms with Crippen LogP contribution in [-0.4, -0.2) is 4.87 Å². The maximum atomic E-state index is 13.2. The van der Waals surface area contributed by atoms with E-state index in [2.05, 4.69) is 6.92 Å². The fraction of sp³-hybridized carbons (Fsp3) is 0.647. The van der Waals surface area contributed by atoms with Crippen LogP contribution in [0, 0.1) is 23.6 Å². The summed E-state index contributed by atoms with van der Waals surface area (Å²) in [6, 6.07) is 7.25. The smallest absolute Gasteiger partial charge is 0.123 e. The minimum absolute atomic E-state index is 0.000447. The van der Waals surface area contributed by atoms with E-state index in [1.165, 1.54) is 37.7 Å². The van der Waals surface area contributed by atoms with Gasteiger partial charge < -0.3 is 0 Å². The molecule has 1 aromatic rings. The second-order valence-electron chi connectivity index (χ2n) is 7.28. The molecule has 0 aliphatic heterocycles. The fourth-order valence-corrected chi connectivity index (χ4v) is 5.66. The molecule has 19 heavy (non-hydrogen) atoms. The molecule has 2 heteroatoms. The highest BCUT2D eigenvalue weighted by Gasteiger charge is 2.60. The summed E-state index contributed by atoms with van der Waals surface area (Å²) in [7, 11) is 0. The quantitative estimate of drug-likeness (QED) is 0.641. The molecule has 0 spiro atoms. The Kier molecular flexibility index (Phi) is 2.41. The second kappa shape index (κ2) is 3.75. The van der Waals surface area contributed by atoms with Crippen molar-refractivity contribution in [2.24, 2.45) is 17.8 Å². The van der Waals surface area contributed by atoms with Crippen LogP contribution in [0.1, 0.15) is 44.6 Å². The van der Waals surface area contributed by atoms with Crippen molar-refractivity contribution in [3.63, 3.8) is 0 Å². The molecule has 0 N–H and O–H groups in total. The average molecular weight is 279 g/mol. The molecule has 5 atom stereocenters. The fourth-order valence-electron chi connectivity index (χ4n) is 5.33. The van der Waals surface area contributed by atoms with Crippen LogP contribution >= 0.6 is 11.6 Å². The van der Waals surface area contributed by atoms with Gasteiger partial charge in [-0.05, 0) is 79.9 Å². The van der Waals surface area contributed by atoms with Crippen molar-refractivity contribution in [3.8, 4) is 0 Å². The van der Waals surface area contributed by atoms with Crippen LogP contribution in [-0.2, 0) is 5.41 Å². The first-order chi connectivity index (χ1) is 8.99. The number of alkyl halides is 1. The third-order valence-electron chi connectivity index (χ3n) is 6.24. The van der Waals surface area contributed by atoms with Gasteiger partial charge in [-0.1, -0.05) is 12.1 Å². The number of halogens is 2. The molecule has 4 aliphatic rings. The van der Waals surface area contributed by atoms with E-state index in [0.29, 0.717) is 17.3 Å². The van der Waals surface area contributed by atoms with Gasteiger partial charge in [0.15, 0.2) is 0 Å². The van der Waals surface area contributed by atoms with E-state index in [9.17, 15) is 4.39 Å². The van der Waals surface area contributed by atoms with Gasteiger partial charge in [0.05, 0.1) is 0 Å². The molecule has 0 heterocycles. The third kappa shape index (κ3) is 1.63. The normalized spacial score (nSPS) is 47.6. The van der Waals surface area contributed by atoms with Gasteiger partial charge in [-0.25, -0.2) is 4.39 Å². The zero-order valence-corrected chi connectivity index (χ0v) is 12.1. The van der Waals surface area contributed by atoms with Crippen LogP contribution in [0.5, 0.6) is 0 Å². The van der Waals surface area contributed by atoms with E-state index in [1.54, 1.807) is 12.1 Å². The molecule has 0 amide bonds. The molecule has 1 aromatic carbocycles. The van der Waals surface area contributed by atoms with Crippen LogP contribution in [0.3, 0.4) is 0 Å². The first-order valence-electron chi connectivity index (χ1n) is 7.45. The molecule has 4 fully saturated rings. The molecule has 3 unspecified atom stereocenters. The Morgan fingerprint density at radius 2 is 1.63 bits per heavy atom. The van der Waals surface area contributed by atoms with Gasteiger partial charge in [-0.15, -0.1) is 11.6 Å². The summed E-state index contributed by atoms with van der Waals surface area (Å²) in [6.45, 7) is 2.25. The Morgan fingerprint density at radius 3 is 2.21 bits per heavy atom. The first kappa shape index (κ1) is 12.2. The summed E-state index contributed by atoms with van der Waals surface area (Å²) >= 11 is 6.84. The third-order valence-corrected chi connectivity index (χ3v) is 6.86. The van der Waals surface area contributed by atoms with Gasteiger partial charge in [-0.3, -0.25) is 0 Å². The predicted octanol–water partition coefficient (Wildman–Crippen LogP) is 4.90. The maximum Gasteiger partial charge on any atom is 0.123 e. The molecule has 102 valence electrons. The van der Waals surface area contributed by atoms with Crippen molar-refractivity contribution in [1.82, 2.24) is 0 Å². The van der Waals surface area contributed by atoms with E-state index in [-0.39, 0.29) is 10.7 Å². The lowest BCUT2D eigenvalue weighted by Crippen LogP contribution is -2.58. The summed E-state index contributed by atoms with van der Waals surface area (Å²) in [6.07, 6.45) is 6.30. The van der Waals surface area contributed by atoms with Gasteiger partial charge in [0.25, 0.3) is 0 Å². The average Bonchev–Trinajstić information content (AvgIpc) is 2.36. The number of hydrogen-bond acceptors (Lipinski definition) is 0. The van der Waals surface area contributed by atoms with Crippen molar-refractivity contribution in [2.45, 2.75) is 49.3 Å². The standard InChI is InChI=1S/C17H20ClF/c1-16(18)13-6-11-7-14(16)10-17(8-11,9-13)12-2-4-15(19)5-3-12/h2-5,11,13-14H,6-10H2,1H3/t11?,13-,14+,16?,17?. The molecule has 4 bridgehead atoms. The summed E-state index contributed by atoms with van der Waals surface area (Å²) in [5.74, 6) is 2.00. The number of benzene rings is 1. The van der Waals surface area contributed by atoms with Gasteiger partial charge in [0.2, 0.25) is 0 Å². The van der Waals surface area contributed by atoms with E-state index in [4.69, 9.17) is 11.6 Å². The van der Waals surface area contributed by atoms with Crippen LogP contribution < -0.4 is 0 Å². The summed E-state index contributed by atoms with van der Waals surface area (Å²) in [4.78, 5) is 0.000447. The lowest BCUT2D eigenvalue weighted by Gasteiger charge is -2.63. The van der Waals surface area contributed by atoms with Crippen molar-refractivity contribution in [1.29, 1.82) is 0 Å². The minimum atomic E-state index is -0.129. The molecule has 0 radical (unpaired) electrons. The molecule has 4 saturated carbocycles. The van der Waals surface area contributed by atoms with E-state index >= 15 is 0 Å². The Morgan fingerprint density at radius 1 is 1.05 bits per heavy atom. The molecule has 0 aromatic heterocycles. The van der Waals surface area contributed by atoms with E-state index in [0.717, 1.165) is 5.92 Å². The highest BCUT2D eigenvalue weighted by molar-refractivity contribution is 6.24. The molecular weight excluding hydrogens is 259 g/mol. The summed E-state index contributed by atoms with van der Waals surface area (Å²) in [5, 5.41) is 0. The summed E-state index contributed by atoms with van der Waals surface area (Å²) in [5.41, 5.74) is 1.64. The molecule has 4 aliphatic carbocycles. The lowest BCUT2D eigenvalue weighted by molar-refractivity contribution is -0.0349. The van der Waals surface area contributed by atoms with Crippen molar-refractivity contribution < 1.29 is 4.39 Å². The van der Waals surface area contributed by atoms with Crippen LogP contribution in [0.15, 0.2) is 24.3 Å². The van der Waals surface area contributed by atoms with Gasteiger partial charge in [0, 0.05) is 4.87 Å². The molecule has 0 nitrogen and oxygen atoms in total. The molecule has 5 rings (SSSR count). The second-order valence-corrected chi connectivity index (χ2v) is 8.10. The topological polar surface area (TPSA) is 0 Å². The highest BCUT2D eigenvalue weighted by atomic mass is 35.5. The minimum Gasteiger partial charge on any atom is -0.207 e. The zero-order chi connectivity index (χ0) is 13.3. The van der Waals surface area contributed by atoms with Crippen LogP contribution in [0.2, 0.25) is 0 Å². The maximum absolute atomic E-state index is 13.2. The largest absolute Gasteiger partial charge is 0.207 e.